The predicted octanol–water partition coefficient (Wildman–Crippen LogP) is 2.39. The molecule has 3 aromatic heterocycles. The van der Waals surface area contributed by atoms with Crippen molar-refractivity contribution in [1.29, 1.82) is 0 Å². The van der Waals surface area contributed by atoms with Gasteiger partial charge in [-0.2, -0.15) is 0 Å². The lowest BCUT2D eigenvalue weighted by Crippen LogP contribution is -2.12. The average molecular weight is 307 g/mol. The van der Waals surface area contributed by atoms with Crippen molar-refractivity contribution in [2.75, 3.05) is 6.61 Å². The van der Waals surface area contributed by atoms with Gasteiger partial charge in [0.2, 0.25) is 0 Å². The fourth-order valence-electron chi connectivity index (χ4n) is 2.83. The van der Waals surface area contributed by atoms with E-state index >= 15 is 0 Å². The summed E-state index contributed by atoms with van der Waals surface area (Å²) in [5.74, 6) is -0.914. The zero-order valence-corrected chi connectivity index (χ0v) is 12.1. The highest BCUT2D eigenvalue weighted by molar-refractivity contribution is 6.08. The molecule has 0 radical (unpaired) electrons. The molecule has 1 N–H and O–H groups in total. The van der Waals surface area contributed by atoms with Crippen LogP contribution in [0.15, 0.2) is 53.9 Å². The Kier molecular flexibility index (Phi) is 3.08. The molecule has 0 saturated heterocycles. The maximum atomic E-state index is 10.6. The third-order valence-electron chi connectivity index (χ3n) is 3.81. The van der Waals surface area contributed by atoms with Gasteiger partial charge in [-0.3, -0.25) is 9.78 Å². The summed E-state index contributed by atoms with van der Waals surface area (Å²) in [6.45, 7) is 0.0250. The Morgan fingerprint density at radius 1 is 1.22 bits per heavy atom. The summed E-state index contributed by atoms with van der Waals surface area (Å²) in [6.07, 6.45) is 3.62. The number of nitrogens with zero attached hydrogens (tertiary/aromatic N) is 3. The summed E-state index contributed by atoms with van der Waals surface area (Å²) in [5, 5.41) is 15.5. The molecule has 114 valence electrons. The lowest BCUT2D eigenvalue weighted by Gasteiger charge is -2.08. The van der Waals surface area contributed by atoms with Crippen molar-refractivity contribution in [3.63, 3.8) is 0 Å². The SMILES string of the molecule is O=C(O)CCO/N=c1\c2nccc3cccc(c32)n2cccc12. The number of carboxylic acids is 1. The fourth-order valence-corrected chi connectivity index (χ4v) is 2.83. The van der Waals surface area contributed by atoms with Crippen molar-refractivity contribution in [2.45, 2.75) is 6.42 Å². The van der Waals surface area contributed by atoms with Crippen molar-refractivity contribution >= 4 is 33.3 Å². The maximum absolute atomic E-state index is 10.6. The number of aromatic nitrogens is 2. The molecule has 0 aliphatic heterocycles. The lowest BCUT2D eigenvalue weighted by molar-refractivity contribution is -0.138. The molecule has 1 aromatic carbocycles. The first kappa shape index (κ1) is 13.5. The van der Waals surface area contributed by atoms with Gasteiger partial charge in [0.15, 0.2) is 5.36 Å². The number of benzene rings is 1. The summed E-state index contributed by atoms with van der Waals surface area (Å²) in [5.41, 5.74) is 2.67. The summed E-state index contributed by atoms with van der Waals surface area (Å²) in [4.78, 5) is 20.3. The minimum absolute atomic E-state index is 0.0250. The van der Waals surface area contributed by atoms with E-state index in [2.05, 4.69) is 10.1 Å². The van der Waals surface area contributed by atoms with Gasteiger partial charge in [-0.05, 0) is 29.7 Å². The van der Waals surface area contributed by atoms with E-state index in [4.69, 9.17) is 9.94 Å². The molecule has 0 amide bonds. The van der Waals surface area contributed by atoms with Gasteiger partial charge in [-0.25, -0.2) is 0 Å². The van der Waals surface area contributed by atoms with Crippen LogP contribution in [0.3, 0.4) is 0 Å². The first-order valence-electron chi connectivity index (χ1n) is 7.23. The van der Waals surface area contributed by atoms with E-state index in [0.717, 1.165) is 27.3 Å². The van der Waals surface area contributed by atoms with E-state index in [-0.39, 0.29) is 13.0 Å². The Bertz CT molecular complexity index is 1080. The highest BCUT2D eigenvalue weighted by atomic mass is 16.6. The van der Waals surface area contributed by atoms with Crippen LogP contribution in [0.2, 0.25) is 0 Å². The van der Waals surface area contributed by atoms with Crippen molar-refractivity contribution in [3.8, 4) is 0 Å². The number of pyridine rings is 2. The zero-order valence-electron chi connectivity index (χ0n) is 12.1. The molecule has 23 heavy (non-hydrogen) atoms. The van der Waals surface area contributed by atoms with Crippen molar-refractivity contribution in [3.05, 3.63) is 54.1 Å². The molecule has 0 aliphatic rings. The van der Waals surface area contributed by atoms with Gasteiger partial charge in [-0.15, -0.1) is 0 Å². The monoisotopic (exact) mass is 307 g/mol. The average Bonchev–Trinajstić information content (AvgIpc) is 3.03. The largest absolute Gasteiger partial charge is 0.481 e. The molecule has 4 aromatic rings. The van der Waals surface area contributed by atoms with Crippen molar-refractivity contribution in [1.82, 2.24) is 9.38 Å². The van der Waals surface area contributed by atoms with Crippen LogP contribution < -0.4 is 5.36 Å². The summed E-state index contributed by atoms with van der Waals surface area (Å²) < 4.78 is 2.04. The Morgan fingerprint density at radius 3 is 2.96 bits per heavy atom. The standard InChI is InChI=1S/C17H13N3O3/c21-14(22)7-10-23-19-16-13-5-2-9-20(13)12-4-1-3-11-6-8-18-17(16)15(11)12/h1-6,8-9H,7,10H2,(H,21,22)/b19-16-. The molecule has 6 nitrogen and oxygen atoms in total. The van der Waals surface area contributed by atoms with Crippen LogP contribution in [-0.2, 0) is 9.63 Å². The van der Waals surface area contributed by atoms with Crippen LogP contribution >= 0.6 is 0 Å². The molecule has 0 bridgehead atoms. The second-order valence-corrected chi connectivity index (χ2v) is 5.22. The molecule has 6 heteroatoms. The maximum Gasteiger partial charge on any atom is 0.306 e. The highest BCUT2D eigenvalue weighted by Crippen LogP contribution is 2.24. The number of rotatable bonds is 4. The Morgan fingerprint density at radius 2 is 2.09 bits per heavy atom. The molecule has 0 saturated carbocycles. The van der Waals surface area contributed by atoms with E-state index in [1.807, 2.05) is 47.0 Å². The molecule has 0 aliphatic carbocycles. The number of hydrogen-bond donors (Lipinski definition) is 1. The molecule has 0 spiro atoms. The molecule has 3 heterocycles. The van der Waals surface area contributed by atoms with Crippen LogP contribution in [0.5, 0.6) is 0 Å². The van der Waals surface area contributed by atoms with E-state index in [9.17, 15) is 4.79 Å². The van der Waals surface area contributed by atoms with Crippen LogP contribution in [0.25, 0.3) is 27.3 Å². The lowest BCUT2D eigenvalue weighted by atomic mass is 10.1. The normalized spacial score (nSPS) is 12.4. The van der Waals surface area contributed by atoms with E-state index in [1.54, 1.807) is 6.20 Å². The Hall–Kier alpha value is -3.15. The Labute approximate surface area is 130 Å². The van der Waals surface area contributed by atoms with Crippen molar-refractivity contribution < 1.29 is 14.7 Å². The highest BCUT2D eigenvalue weighted by Gasteiger charge is 2.11. The van der Waals surface area contributed by atoms with E-state index < -0.39 is 5.97 Å². The molecular weight excluding hydrogens is 294 g/mol. The first-order valence-corrected chi connectivity index (χ1v) is 7.23. The third-order valence-corrected chi connectivity index (χ3v) is 3.81. The van der Waals surface area contributed by atoms with Crippen LogP contribution in [0.4, 0.5) is 0 Å². The number of carboxylic acid groups (broad SMARTS) is 1. The first-order chi connectivity index (χ1) is 11.3. The summed E-state index contributed by atoms with van der Waals surface area (Å²) in [7, 11) is 0. The topological polar surface area (TPSA) is 76.2 Å². The van der Waals surface area contributed by atoms with Gasteiger partial charge in [0.25, 0.3) is 0 Å². The minimum Gasteiger partial charge on any atom is -0.481 e. The van der Waals surface area contributed by atoms with Crippen LogP contribution in [-0.4, -0.2) is 27.1 Å². The van der Waals surface area contributed by atoms with Gasteiger partial charge in [0, 0.05) is 17.8 Å². The molecular formula is C17H13N3O3. The van der Waals surface area contributed by atoms with Gasteiger partial charge in [0.1, 0.15) is 12.1 Å². The quantitative estimate of drug-likeness (QED) is 0.464. The Balaban J connectivity index is 2.01. The second kappa shape index (κ2) is 5.24. The zero-order chi connectivity index (χ0) is 15.8. The number of aliphatic carboxylic acids is 1. The third kappa shape index (κ3) is 2.15. The number of fused-ring (bicyclic) bond motifs is 2. The summed E-state index contributed by atoms with van der Waals surface area (Å²) >= 11 is 0. The second-order valence-electron chi connectivity index (χ2n) is 5.22. The fraction of sp³-hybridized carbons (Fsp3) is 0.118. The van der Waals surface area contributed by atoms with Gasteiger partial charge in [0.05, 0.1) is 17.5 Å². The van der Waals surface area contributed by atoms with Crippen LogP contribution in [0, 0.1) is 0 Å². The van der Waals surface area contributed by atoms with E-state index in [0.29, 0.717) is 5.36 Å². The van der Waals surface area contributed by atoms with Crippen LogP contribution in [0.1, 0.15) is 6.42 Å². The van der Waals surface area contributed by atoms with Gasteiger partial charge < -0.3 is 14.3 Å². The molecule has 4 rings (SSSR count). The molecule has 0 fully saturated rings. The molecule has 0 unspecified atom stereocenters. The number of hydrogen-bond acceptors (Lipinski definition) is 4. The van der Waals surface area contributed by atoms with Gasteiger partial charge >= 0.3 is 5.97 Å². The van der Waals surface area contributed by atoms with E-state index in [1.165, 1.54) is 0 Å². The minimum atomic E-state index is -0.914. The number of carbonyl (C=O) groups is 1. The van der Waals surface area contributed by atoms with Gasteiger partial charge in [-0.1, -0.05) is 17.3 Å². The molecule has 0 atom stereocenters. The smallest absolute Gasteiger partial charge is 0.306 e. The predicted molar refractivity (Wildman–Crippen MR) is 85.2 cm³/mol. The van der Waals surface area contributed by atoms with Crippen molar-refractivity contribution in [2.24, 2.45) is 5.16 Å². The summed E-state index contributed by atoms with van der Waals surface area (Å²) in [6, 6.07) is 11.9.